The first-order valence-electron chi connectivity index (χ1n) is 23.5. The molecule has 1 heteroatoms. The lowest BCUT2D eigenvalue weighted by atomic mass is 9.55. The van der Waals surface area contributed by atoms with Gasteiger partial charge in [-0.1, -0.05) is 120 Å². The first-order chi connectivity index (χ1) is 24.3. The van der Waals surface area contributed by atoms with Crippen LogP contribution in [0.5, 0.6) is 0 Å². The van der Waals surface area contributed by atoms with Gasteiger partial charge in [0.1, 0.15) is 0 Å². The molecule has 0 N–H and O–H groups in total. The molecule has 0 spiro atoms. The maximum atomic E-state index is 3.25. The molecule has 0 heterocycles. The average molecular weight is 670 g/mol. The van der Waals surface area contributed by atoms with E-state index in [0.29, 0.717) is 0 Å². The predicted octanol–water partition coefficient (Wildman–Crippen LogP) is 14.0. The van der Waals surface area contributed by atoms with Crippen LogP contribution in [0.2, 0.25) is 0 Å². The summed E-state index contributed by atoms with van der Waals surface area (Å²) in [6.07, 6.45) is 57.0. The Hall–Kier alpha value is -0.560. The van der Waals surface area contributed by atoms with Crippen LogP contribution in [-0.4, -0.2) is 23.0 Å². The first kappa shape index (κ1) is 35.5. The van der Waals surface area contributed by atoms with Crippen molar-refractivity contribution in [1.82, 2.24) is 4.90 Å². The summed E-state index contributed by atoms with van der Waals surface area (Å²) in [5.74, 6) is 8.79. The largest absolute Gasteiger partial charge is 0.294 e. The van der Waals surface area contributed by atoms with Crippen LogP contribution in [0.15, 0.2) is 23.8 Å². The van der Waals surface area contributed by atoms with E-state index in [1.165, 1.54) is 173 Å². The Labute approximate surface area is 304 Å². The van der Waals surface area contributed by atoms with Gasteiger partial charge in [0.05, 0.1) is 0 Å². The molecule has 8 aliphatic rings. The van der Waals surface area contributed by atoms with Crippen molar-refractivity contribution in [2.24, 2.45) is 53.3 Å². The molecule has 8 fully saturated rings. The van der Waals surface area contributed by atoms with Crippen LogP contribution in [-0.2, 0) is 0 Å². The van der Waals surface area contributed by atoms with Gasteiger partial charge in [-0.3, -0.25) is 4.90 Å². The van der Waals surface area contributed by atoms with Crippen molar-refractivity contribution in [3.63, 3.8) is 0 Å². The average Bonchev–Trinajstić information content (AvgIpc) is 3.18. The van der Waals surface area contributed by atoms with E-state index >= 15 is 0 Å². The first-order valence-corrected chi connectivity index (χ1v) is 23.5. The van der Waals surface area contributed by atoms with Crippen LogP contribution in [0.3, 0.4) is 0 Å². The Bertz CT molecular complexity index is 995. The minimum Gasteiger partial charge on any atom is -0.294 e. The van der Waals surface area contributed by atoms with Crippen molar-refractivity contribution in [3.05, 3.63) is 23.8 Å². The third kappa shape index (κ3) is 8.65. The van der Waals surface area contributed by atoms with Crippen LogP contribution in [0, 0.1) is 53.3 Å². The van der Waals surface area contributed by atoms with E-state index in [0.717, 1.165) is 71.4 Å². The van der Waals surface area contributed by atoms with Crippen LogP contribution in [0.4, 0.5) is 0 Å². The molecule has 276 valence electrons. The molecule has 4 atom stereocenters. The predicted molar refractivity (Wildman–Crippen MR) is 210 cm³/mol. The van der Waals surface area contributed by atoms with E-state index in [1.54, 1.807) is 32.1 Å². The van der Waals surface area contributed by atoms with E-state index in [4.69, 9.17) is 0 Å². The number of fused-ring (bicyclic) bond motifs is 2. The Morgan fingerprint density at radius 1 is 0.367 bits per heavy atom. The van der Waals surface area contributed by atoms with Gasteiger partial charge in [-0.05, 0) is 162 Å². The molecule has 8 saturated carbocycles. The van der Waals surface area contributed by atoms with Gasteiger partial charge in [0.25, 0.3) is 0 Å². The summed E-state index contributed by atoms with van der Waals surface area (Å²) in [7, 11) is 0. The second kappa shape index (κ2) is 17.5. The molecule has 8 aliphatic carbocycles. The quantitative estimate of drug-likeness (QED) is 0.233. The SMILES string of the molecule is C(=CC1C2CCCCC2CC2CCCCC21)C1CCC(N(C2CCCCC2)C2CCC(C=C(C3CCCCC3)C3CCCCC3)CC2)CC1. The minimum absolute atomic E-state index is 0.870. The molecule has 0 saturated heterocycles. The zero-order valence-corrected chi connectivity index (χ0v) is 32.2. The van der Waals surface area contributed by atoms with Gasteiger partial charge >= 0.3 is 0 Å². The molecule has 8 rings (SSSR count). The minimum atomic E-state index is 0.870. The molecule has 0 amide bonds. The highest BCUT2D eigenvalue weighted by atomic mass is 15.2. The molecular formula is C48H79N. The van der Waals surface area contributed by atoms with Crippen molar-refractivity contribution in [2.75, 3.05) is 0 Å². The highest BCUT2D eigenvalue weighted by molar-refractivity contribution is 5.15. The molecule has 0 aliphatic heterocycles. The molecule has 0 radical (unpaired) electrons. The summed E-state index contributed by atoms with van der Waals surface area (Å²) < 4.78 is 0. The molecule has 0 aromatic rings. The maximum absolute atomic E-state index is 3.25. The molecular weight excluding hydrogens is 591 g/mol. The van der Waals surface area contributed by atoms with E-state index in [2.05, 4.69) is 23.1 Å². The lowest BCUT2D eigenvalue weighted by Gasteiger charge is -2.51. The van der Waals surface area contributed by atoms with Gasteiger partial charge in [0, 0.05) is 18.1 Å². The van der Waals surface area contributed by atoms with Gasteiger partial charge in [-0.2, -0.15) is 0 Å². The third-order valence-corrected chi connectivity index (χ3v) is 17.0. The highest BCUT2D eigenvalue weighted by Crippen LogP contribution is 2.54. The van der Waals surface area contributed by atoms with Crippen LogP contribution < -0.4 is 0 Å². The van der Waals surface area contributed by atoms with Gasteiger partial charge in [0.2, 0.25) is 0 Å². The van der Waals surface area contributed by atoms with Gasteiger partial charge < -0.3 is 0 Å². The fourth-order valence-corrected chi connectivity index (χ4v) is 14.5. The Morgan fingerprint density at radius 3 is 1.33 bits per heavy atom. The van der Waals surface area contributed by atoms with Crippen molar-refractivity contribution in [1.29, 1.82) is 0 Å². The molecule has 0 bridgehead atoms. The molecule has 49 heavy (non-hydrogen) atoms. The summed E-state index contributed by atoms with van der Waals surface area (Å²) in [6, 6.07) is 2.66. The number of allylic oxidation sites excluding steroid dienone is 4. The molecule has 4 unspecified atom stereocenters. The van der Waals surface area contributed by atoms with Crippen molar-refractivity contribution >= 4 is 0 Å². The Balaban J connectivity index is 0.899. The van der Waals surface area contributed by atoms with E-state index in [-0.39, 0.29) is 0 Å². The zero-order valence-electron chi connectivity index (χ0n) is 32.2. The second-order valence-electron chi connectivity index (χ2n) is 19.8. The summed E-state index contributed by atoms with van der Waals surface area (Å²) in [6.45, 7) is 0. The summed E-state index contributed by atoms with van der Waals surface area (Å²) in [4.78, 5) is 3.25. The standard InChI is InChI=1S/C48H79N/c1-4-14-38(15-5-1)48(39-16-6-2-7-17-39)34-37-26-31-44(32-27-37)49(42-20-8-3-9-21-42)43-29-24-36(25-30-43)28-33-47-45-22-12-10-18-40(45)35-41-19-11-13-23-46(41)47/h28,33-34,36-47H,1-27,29-32,35H2. The van der Waals surface area contributed by atoms with Crippen molar-refractivity contribution < 1.29 is 0 Å². The van der Waals surface area contributed by atoms with E-state index in [9.17, 15) is 0 Å². The number of rotatable bonds is 8. The Kier molecular flexibility index (Phi) is 12.7. The molecule has 1 nitrogen and oxygen atoms in total. The lowest BCUT2D eigenvalue weighted by molar-refractivity contribution is 0.0100. The van der Waals surface area contributed by atoms with Crippen LogP contribution in [0.1, 0.15) is 205 Å². The zero-order chi connectivity index (χ0) is 32.8. The smallest absolute Gasteiger partial charge is 0.0102 e. The summed E-state index contributed by atoms with van der Waals surface area (Å²) >= 11 is 0. The molecule has 0 aromatic heterocycles. The van der Waals surface area contributed by atoms with Crippen molar-refractivity contribution in [2.45, 2.75) is 224 Å². The topological polar surface area (TPSA) is 3.24 Å². The van der Waals surface area contributed by atoms with E-state index in [1.807, 2.05) is 5.57 Å². The summed E-state index contributed by atoms with van der Waals surface area (Å²) in [5, 5.41) is 0. The van der Waals surface area contributed by atoms with Crippen LogP contribution in [0.25, 0.3) is 0 Å². The number of nitrogens with zero attached hydrogens (tertiary/aromatic N) is 1. The number of hydrogen-bond acceptors (Lipinski definition) is 1. The highest BCUT2D eigenvalue weighted by Gasteiger charge is 2.45. The van der Waals surface area contributed by atoms with Gasteiger partial charge in [-0.25, -0.2) is 0 Å². The third-order valence-electron chi connectivity index (χ3n) is 17.0. The normalized spacial score (nSPS) is 40.6. The second-order valence-corrected chi connectivity index (χ2v) is 19.8. The van der Waals surface area contributed by atoms with E-state index < -0.39 is 0 Å². The van der Waals surface area contributed by atoms with Gasteiger partial charge in [-0.15, -0.1) is 0 Å². The molecule has 0 aromatic carbocycles. The number of hydrogen-bond donors (Lipinski definition) is 0. The van der Waals surface area contributed by atoms with Gasteiger partial charge in [0.15, 0.2) is 0 Å². The van der Waals surface area contributed by atoms with Crippen LogP contribution >= 0.6 is 0 Å². The fraction of sp³-hybridized carbons (Fsp3) is 0.917. The maximum Gasteiger partial charge on any atom is 0.0102 e. The monoisotopic (exact) mass is 670 g/mol. The fourth-order valence-electron chi connectivity index (χ4n) is 14.5. The Morgan fingerprint density at radius 2 is 0.796 bits per heavy atom. The van der Waals surface area contributed by atoms with Crippen molar-refractivity contribution in [3.8, 4) is 0 Å². The lowest BCUT2D eigenvalue weighted by Crippen LogP contribution is -2.52. The summed E-state index contributed by atoms with van der Waals surface area (Å²) in [5.41, 5.74) is 1.99.